The SMILES string of the molecule is NC(=O)c1ccsc1NC(=O)COC(=O)COc1ccccc1Cc1ccccc1. The first-order valence-corrected chi connectivity index (χ1v) is 9.98. The number of hydrogen-bond acceptors (Lipinski definition) is 6. The molecule has 0 atom stereocenters. The topological polar surface area (TPSA) is 108 Å². The lowest BCUT2D eigenvalue weighted by atomic mass is 10.0. The van der Waals surface area contributed by atoms with E-state index in [1.54, 1.807) is 11.4 Å². The first-order valence-electron chi connectivity index (χ1n) is 9.10. The largest absolute Gasteiger partial charge is 0.482 e. The van der Waals surface area contributed by atoms with E-state index in [2.05, 4.69) is 5.32 Å². The molecular formula is C22H20N2O5S. The van der Waals surface area contributed by atoms with Crippen LogP contribution < -0.4 is 15.8 Å². The van der Waals surface area contributed by atoms with Crippen molar-refractivity contribution >= 4 is 34.1 Å². The second kappa shape index (κ2) is 10.2. The number of primary amides is 1. The monoisotopic (exact) mass is 424 g/mol. The van der Waals surface area contributed by atoms with Gasteiger partial charge in [-0.2, -0.15) is 0 Å². The fraction of sp³-hybridized carbons (Fsp3) is 0.136. The van der Waals surface area contributed by atoms with Gasteiger partial charge in [-0.05, 0) is 28.6 Å². The summed E-state index contributed by atoms with van der Waals surface area (Å²) in [7, 11) is 0. The summed E-state index contributed by atoms with van der Waals surface area (Å²) >= 11 is 1.15. The normalized spacial score (nSPS) is 10.3. The molecule has 0 saturated carbocycles. The van der Waals surface area contributed by atoms with Crippen LogP contribution in [-0.2, 0) is 20.7 Å². The van der Waals surface area contributed by atoms with Crippen LogP contribution in [0.5, 0.6) is 5.75 Å². The van der Waals surface area contributed by atoms with Crippen LogP contribution in [-0.4, -0.2) is 31.0 Å². The summed E-state index contributed by atoms with van der Waals surface area (Å²) in [5.41, 5.74) is 7.49. The van der Waals surface area contributed by atoms with Gasteiger partial charge in [0.05, 0.1) is 5.56 Å². The summed E-state index contributed by atoms with van der Waals surface area (Å²) in [6.07, 6.45) is 0.664. The predicted molar refractivity (Wildman–Crippen MR) is 114 cm³/mol. The summed E-state index contributed by atoms with van der Waals surface area (Å²) in [4.78, 5) is 35.2. The number of carbonyl (C=O) groups is 3. The Balaban J connectivity index is 1.48. The number of para-hydroxylation sites is 1. The van der Waals surface area contributed by atoms with Crippen LogP contribution in [0, 0.1) is 0 Å². The van der Waals surface area contributed by atoms with Crippen LogP contribution in [0.3, 0.4) is 0 Å². The van der Waals surface area contributed by atoms with Crippen LogP contribution in [0.1, 0.15) is 21.5 Å². The zero-order chi connectivity index (χ0) is 21.3. The van der Waals surface area contributed by atoms with Gasteiger partial charge in [-0.25, -0.2) is 4.79 Å². The fourth-order valence-corrected chi connectivity index (χ4v) is 3.50. The van der Waals surface area contributed by atoms with E-state index in [0.717, 1.165) is 22.5 Å². The summed E-state index contributed by atoms with van der Waals surface area (Å²) in [5.74, 6) is -1.32. The van der Waals surface area contributed by atoms with Crippen molar-refractivity contribution in [1.29, 1.82) is 0 Å². The highest BCUT2D eigenvalue weighted by atomic mass is 32.1. The molecule has 7 nitrogen and oxygen atoms in total. The standard InChI is InChI=1S/C22H20N2O5S/c23-21(27)17-10-11-30-22(17)24-19(25)13-29-20(26)14-28-18-9-5-4-8-16(18)12-15-6-2-1-3-7-15/h1-11H,12-14H2,(H2,23,27)(H,24,25). The van der Waals surface area contributed by atoms with Gasteiger partial charge < -0.3 is 20.5 Å². The number of anilines is 1. The maximum Gasteiger partial charge on any atom is 0.344 e. The number of ether oxygens (including phenoxy) is 2. The van der Waals surface area contributed by atoms with E-state index in [0.29, 0.717) is 17.2 Å². The van der Waals surface area contributed by atoms with E-state index >= 15 is 0 Å². The molecule has 1 heterocycles. The van der Waals surface area contributed by atoms with Crippen molar-refractivity contribution in [2.24, 2.45) is 5.73 Å². The minimum absolute atomic E-state index is 0.207. The number of thiophene rings is 1. The van der Waals surface area contributed by atoms with Gasteiger partial charge in [0, 0.05) is 6.42 Å². The highest BCUT2D eigenvalue weighted by molar-refractivity contribution is 7.14. The lowest BCUT2D eigenvalue weighted by molar-refractivity contribution is -0.149. The van der Waals surface area contributed by atoms with Crippen LogP contribution in [0.2, 0.25) is 0 Å². The number of rotatable bonds is 9. The predicted octanol–water partition coefficient (Wildman–Crippen LogP) is 3.00. The first-order chi connectivity index (χ1) is 14.5. The molecule has 0 radical (unpaired) electrons. The molecule has 0 aliphatic rings. The van der Waals surface area contributed by atoms with Gasteiger partial charge in [0.15, 0.2) is 13.2 Å². The lowest BCUT2D eigenvalue weighted by Gasteiger charge is -2.11. The summed E-state index contributed by atoms with van der Waals surface area (Å²) in [6, 6.07) is 18.8. The van der Waals surface area contributed by atoms with Crippen molar-refractivity contribution in [3.63, 3.8) is 0 Å². The molecule has 2 amide bonds. The number of hydrogen-bond donors (Lipinski definition) is 2. The molecular weight excluding hydrogens is 404 g/mol. The molecule has 0 unspecified atom stereocenters. The van der Waals surface area contributed by atoms with E-state index in [4.69, 9.17) is 15.2 Å². The average molecular weight is 424 g/mol. The van der Waals surface area contributed by atoms with Crippen LogP contribution in [0.15, 0.2) is 66.0 Å². The second-order valence-corrected chi connectivity index (χ2v) is 7.21. The number of carbonyl (C=O) groups excluding carboxylic acids is 3. The minimum atomic E-state index is -0.680. The van der Waals surface area contributed by atoms with Gasteiger partial charge in [0.1, 0.15) is 10.8 Å². The van der Waals surface area contributed by atoms with Crippen LogP contribution >= 0.6 is 11.3 Å². The third kappa shape index (κ3) is 5.92. The molecule has 3 rings (SSSR count). The van der Waals surface area contributed by atoms with Gasteiger partial charge >= 0.3 is 5.97 Å². The molecule has 3 N–H and O–H groups in total. The van der Waals surface area contributed by atoms with Crippen molar-refractivity contribution in [2.45, 2.75) is 6.42 Å². The van der Waals surface area contributed by atoms with Crippen molar-refractivity contribution < 1.29 is 23.9 Å². The highest BCUT2D eigenvalue weighted by Gasteiger charge is 2.14. The number of esters is 1. The Bertz CT molecular complexity index is 1030. The smallest absolute Gasteiger partial charge is 0.344 e. The van der Waals surface area contributed by atoms with E-state index in [9.17, 15) is 14.4 Å². The van der Waals surface area contributed by atoms with Crippen molar-refractivity contribution in [3.8, 4) is 5.75 Å². The van der Waals surface area contributed by atoms with Gasteiger partial charge in [-0.3, -0.25) is 9.59 Å². The Morgan fingerprint density at radius 2 is 1.67 bits per heavy atom. The average Bonchev–Trinajstić information content (AvgIpc) is 3.21. The van der Waals surface area contributed by atoms with E-state index in [1.807, 2.05) is 48.5 Å². The molecule has 0 bridgehead atoms. The summed E-state index contributed by atoms with van der Waals surface area (Å²) in [5, 5.41) is 4.44. The third-order valence-electron chi connectivity index (χ3n) is 4.10. The quantitative estimate of drug-likeness (QED) is 0.514. The van der Waals surface area contributed by atoms with Crippen LogP contribution in [0.25, 0.3) is 0 Å². The number of amides is 2. The highest BCUT2D eigenvalue weighted by Crippen LogP contribution is 2.23. The molecule has 3 aromatic rings. The van der Waals surface area contributed by atoms with Crippen molar-refractivity contribution in [2.75, 3.05) is 18.5 Å². The number of nitrogens with two attached hydrogens (primary N) is 1. The number of nitrogens with one attached hydrogen (secondary N) is 1. The molecule has 8 heteroatoms. The fourth-order valence-electron chi connectivity index (χ4n) is 2.69. The Hall–Kier alpha value is -3.65. The summed E-state index contributed by atoms with van der Waals surface area (Å²) in [6.45, 7) is -0.825. The zero-order valence-electron chi connectivity index (χ0n) is 16.0. The molecule has 0 fully saturated rings. The van der Waals surface area contributed by atoms with E-state index < -0.39 is 24.4 Å². The summed E-state index contributed by atoms with van der Waals surface area (Å²) < 4.78 is 10.5. The molecule has 0 saturated heterocycles. The second-order valence-electron chi connectivity index (χ2n) is 6.30. The Morgan fingerprint density at radius 1 is 0.933 bits per heavy atom. The molecule has 0 aliphatic heterocycles. The van der Waals surface area contributed by atoms with Crippen molar-refractivity contribution in [1.82, 2.24) is 0 Å². The maximum absolute atomic E-state index is 12.0. The van der Waals surface area contributed by atoms with E-state index in [-0.39, 0.29) is 12.2 Å². The lowest BCUT2D eigenvalue weighted by Crippen LogP contribution is -2.24. The van der Waals surface area contributed by atoms with E-state index in [1.165, 1.54) is 6.07 Å². The molecule has 1 aromatic heterocycles. The molecule has 0 spiro atoms. The van der Waals surface area contributed by atoms with Gasteiger partial charge in [-0.1, -0.05) is 48.5 Å². The zero-order valence-corrected chi connectivity index (χ0v) is 16.8. The third-order valence-corrected chi connectivity index (χ3v) is 4.93. The molecule has 2 aromatic carbocycles. The van der Waals surface area contributed by atoms with Gasteiger partial charge in [0.2, 0.25) is 0 Å². The Labute approximate surface area is 177 Å². The Kier molecular flexibility index (Phi) is 7.18. The van der Waals surface area contributed by atoms with Crippen molar-refractivity contribution in [3.05, 3.63) is 82.7 Å². The minimum Gasteiger partial charge on any atom is -0.482 e. The van der Waals surface area contributed by atoms with Crippen LogP contribution in [0.4, 0.5) is 5.00 Å². The molecule has 30 heavy (non-hydrogen) atoms. The molecule has 154 valence electrons. The van der Waals surface area contributed by atoms with Gasteiger partial charge in [-0.15, -0.1) is 11.3 Å². The maximum atomic E-state index is 12.0. The first kappa shape index (κ1) is 21.1. The Morgan fingerprint density at radius 3 is 2.43 bits per heavy atom. The van der Waals surface area contributed by atoms with Gasteiger partial charge in [0.25, 0.3) is 11.8 Å². The molecule has 0 aliphatic carbocycles. The number of benzene rings is 2.